The van der Waals surface area contributed by atoms with E-state index in [0.717, 1.165) is 30.1 Å². The number of nitrogens with one attached hydrogen (secondary N) is 1. The highest BCUT2D eigenvalue weighted by Crippen LogP contribution is 2.41. The number of aromatic hydroxyl groups is 1. The molecule has 4 rings (SSSR count). The largest absolute Gasteiger partial charge is 0.494 e. The first-order valence-corrected chi connectivity index (χ1v) is 11.7. The summed E-state index contributed by atoms with van der Waals surface area (Å²) in [5.41, 5.74) is 0.600. The zero-order valence-electron chi connectivity index (χ0n) is 19.6. The number of pyridine rings is 1. The highest BCUT2D eigenvalue weighted by Gasteiger charge is 2.24. The Kier molecular flexibility index (Phi) is 7.48. The topological polar surface area (TPSA) is 123 Å². The van der Waals surface area contributed by atoms with Gasteiger partial charge in [0, 0.05) is 6.20 Å². The van der Waals surface area contributed by atoms with Crippen LogP contribution in [0.15, 0.2) is 53.7 Å². The molecule has 4 aromatic rings. The average Bonchev–Trinajstić information content (AvgIpc) is 3.17. The number of carbonyl (C=O) groups excluding carboxylic acids is 1. The molecule has 0 aliphatic rings. The van der Waals surface area contributed by atoms with E-state index in [-0.39, 0.29) is 39.5 Å². The number of nitrogens with zero attached hydrogens (tertiary/aromatic N) is 2. The molecule has 0 bridgehead atoms. The maximum Gasteiger partial charge on any atom is 0.337 e. The number of ether oxygens (including phenoxy) is 2. The monoisotopic (exact) mass is 529 g/mol. The number of aromatic nitrogens is 2. The van der Waals surface area contributed by atoms with Gasteiger partial charge in [0.2, 0.25) is 11.8 Å². The summed E-state index contributed by atoms with van der Waals surface area (Å²) < 4.78 is 41.4. The maximum atomic E-state index is 14.9. The van der Waals surface area contributed by atoms with Crippen molar-refractivity contribution in [3.05, 3.63) is 71.4 Å². The molecule has 2 heterocycles. The molecule has 0 spiro atoms. The lowest BCUT2D eigenvalue weighted by molar-refractivity contribution is -0.113. The number of rotatable bonds is 9. The van der Waals surface area contributed by atoms with Crippen molar-refractivity contribution in [2.75, 3.05) is 25.3 Å². The van der Waals surface area contributed by atoms with Crippen molar-refractivity contribution in [1.29, 1.82) is 0 Å². The third-order valence-electron chi connectivity index (χ3n) is 5.45. The molecular formula is C25H21F2N3O6S. The third kappa shape index (κ3) is 5.28. The van der Waals surface area contributed by atoms with Gasteiger partial charge in [-0.25, -0.2) is 18.6 Å². The normalized spacial score (nSPS) is 10.9. The van der Waals surface area contributed by atoms with Crippen LogP contribution in [-0.2, 0) is 11.3 Å². The Bertz CT molecular complexity index is 1490. The van der Waals surface area contributed by atoms with Crippen molar-refractivity contribution < 1.29 is 38.1 Å². The molecule has 1 amide bonds. The van der Waals surface area contributed by atoms with E-state index in [9.17, 15) is 23.5 Å². The number of anilines is 1. The van der Waals surface area contributed by atoms with Gasteiger partial charge in [-0.3, -0.25) is 4.79 Å². The fraction of sp³-hybridized carbons (Fsp3) is 0.160. The minimum atomic E-state index is -1.16. The number of carboxylic acids is 1. The lowest BCUT2D eigenvalue weighted by Crippen LogP contribution is -2.15. The highest BCUT2D eigenvalue weighted by atomic mass is 32.2. The van der Waals surface area contributed by atoms with Crippen molar-refractivity contribution in [3.63, 3.8) is 0 Å². The number of halogens is 2. The van der Waals surface area contributed by atoms with Crippen LogP contribution in [0.2, 0.25) is 0 Å². The molecule has 0 aliphatic heterocycles. The van der Waals surface area contributed by atoms with Crippen LogP contribution in [0.25, 0.3) is 10.8 Å². The van der Waals surface area contributed by atoms with Crippen LogP contribution in [0.1, 0.15) is 15.9 Å². The summed E-state index contributed by atoms with van der Waals surface area (Å²) >= 11 is 0.899. The summed E-state index contributed by atoms with van der Waals surface area (Å²) in [6, 6.07) is 9.55. The van der Waals surface area contributed by atoms with Crippen molar-refractivity contribution in [3.8, 4) is 17.4 Å². The third-order valence-corrected chi connectivity index (χ3v) is 6.55. The minimum absolute atomic E-state index is 0.0158. The van der Waals surface area contributed by atoms with E-state index in [0.29, 0.717) is 17.1 Å². The quantitative estimate of drug-likeness (QED) is 0.271. The number of carbonyl (C=O) groups is 2. The van der Waals surface area contributed by atoms with Gasteiger partial charge in [-0.1, -0.05) is 17.8 Å². The summed E-state index contributed by atoms with van der Waals surface area (Å²) in [6.45, 7) is 0.0158. The van der Waals surface area contributed by atoms with Gasteiger partial charge in [-0.05, 0) is 42.0 Å². The van der Waals surface area contributed by atoms with Crippen LogP contribution in [0, 0.1) is 11.6 Å². The van der Waals surface area contributed by atoms with Gasteiger partial charge in [0.05, 0.1) is 47.9 Å². The van der Waals surface area contributed by atoms with E-state index >= 15 is 0 Å². The van der Waals surface area contributed by atoms with E-state index < -0.39 is 29.4 Å². The second-order valence-corrected chi connectivity index (χ2v) is 8.72. The number of hydrogen-bond acceptors (Lipinski definition) is 7. The molecule has 0 fully saturated rings. The zero-order chi connectivity index (χ0) is 26.7. The fourth-order valence-corrected chi connectivity index (χ4v) is 4.70. The number of amides is 1. The Morgan fingerprint density at radius 1 is 1.03 bits per heavy atom. The summed E-state index contributed by atoms with van der Waals surface area (Å²) in [6.07, 6.45) is 1.10. The smallest absolute Gasteiger partial charge is 0.337 e. The van der Waals surface area contributed by atoms with Crippen LogP contribution in [0.5, 0.6) is 17.4 Å². The second kappa shape index (κ2) is 10.7. The Hall–Kier alpha value is -4.32. The van der Waals surface area contributed by atoms with Gasteiger partial charge < -0.3 is 29.6 Å². The Labute approximate surface area is 213 Å². The molecule has 3 N–H and O–H groups in total. The van der Waals surface area contributed by atoms with Crippen LogP contribution in [-0.4, -0.2) is 51.6 Å². The molecular weight excluding hydrogens is 508 g/mol. The number of thioether (sulfide) groups is 1. The Morgan fingerprint density at radius 2 is 1.73 bits per heavy atom. The first kappa shape index (κ1) is 25.8. The predicted octanol–water partition coefficient (Wildman–Crippen LogP) is 4.51. The van der Waals surface area contributed by atoms with Gasteiger partial charge >= 0.3 is 5.97 Å². The van der Waals surface area contributed by atoms with Gasteiger partial charge in [0.15, 0.2) is 11.5 Å². The Balaban J connectivity index is 1.65. The van der Waals surface area contributed by atoms with Crippen molar-refractivity contribution in [2.45, 2.75) is 11.6 Å². The van der Waals surface area contributed by atoms with Crippen LogP contribution in [0.3, 0.4) is 0 Å². The van der Waals surface area contributed by atoms with E-state index in [1.807, 2.05) is 0 Å². The van der Waals surface area contributed by atoms with Crippen molar-refractivity contribution in [2.24, 2.45) is 0 Å². The van der Waals surface area contributed by atoms with E-state index in [1.54, 1.807) is 18.2 Å². The number of benzene rings is 2. The summed E-state index contributed by atoms with van der Waals surface area (Å²) in [4.78, 5) is 27.4. The molecule has 2 aromatic carbocycles. The lowest BCUT2D eigenvalue weighted by Gasteiger charge is -2.13. The first-order valence-electron chi connectivity index (χ1n) is 10.8. The SMILES string of the molecule is COc1ccc(Cn2c(O)c3c(F)ccc(F)c3c2SCC(=O)Nc2ccc(C(=O)O)cn2)cc1OC. The van der Waals surface area contributed by atoms with E-state index in [4.69, 9.17) is 14.6 Å². The standard InChI is InChI=1S/C25H21F2N3O6S/c1-35-17-7-3-13(9-18(17)36-2)11-30-23(32)21-15(26)5-6-16(27)22(21)24(30)37-12-20(31)29-19-8-4-14(10-28-19)25(33)34/h3-10,32H,11-12H2,1-2H3,(H,33,34)(H,28,29,31). The summed E-state index contributed by atoms with van der Waals surface area (Å²) in [7, 11) is 2.96. The predicted molar refractivity (Wildman–Crippen MR) is 133 cm³/mol. The lowest BCUT2D eigenvalue weighted by atomic mass is 10.2. The van der Waals surface area contributed by atoms with Crippen LogP contribution in [0.4, 0.5) is 14.6 Å². The van der Waals surface area contributed by atoms with E-state index in [2.05, 4.69) is 10.3 Å². The van der Waals surface area contributed by atoms with Crippen LogP contribution >= 0.6 is 11.8 Å². The van der Waals surface area contributed by atoms with Crippen molar-refractivity contribution in [1.82, 2.24) is 9.55 Å². The molecule has 0 unspecified atom stereocenters. The Morgan fingerprint density at radius 3 is 2.35 bits per heavy atom. The molecule has 0 radical (unpaired) electrons. The average molecular weight is 530 g/mol. The summed E-state index contributed by atoms with van der Waals surface area (Å²) in [5.74, 6) is -2.92. The van der Waals surface area contributed by atoms with E-state index in [1.165, 1.54) is 30.9 Å². The molecule has 2 aromatic heterocycles. The maximum absolute atomic E-state index is 14.9. The second-order valence-electron chi connectivity index (χ2n) is 7.76. The van der Waals surface area contributed by atoms with Crippen LogP contribution < -0.4 is 14.8 Å². The van der Waals surface area contributed by atoms with Crippen molar-refractivity contribution >= 4 is 40.2 Å². The number of aromatic carboxylic acids is 1. The highest BCUT2D eigenvalue weighted by molar-refractivity contribution is 8.00. The number of carboxylic acid groups (broad SMARTS) is 1. The molecule has 0 atom stereocenters. The van der Waals surface area contributed by atoms with Gasteiger partial charge in [0.25, 0.3) is 0 Å². The number of hydrogen-bond donors (Lipinski definition) is 3. The van der Waals surface area contributed by atoms with Gasteiger partial charge in [-0.2, -0.15) is 0 Å². The molecule has 0 saturated carbocycles. The number of fused-ring (bicyclic) bond motifs is 1. The molecule has 9 nitrogen and oxygen atoms in total. The fourth-order valence-electron chi connectivity index (χ4n) is 3.71. The first-order chi connectivity index (χ1) is 17.7. The molecule has 37 heavy (non-hydrogen) atoms. The minimum Gasteiger partial charge on any atom is -0.494 e. The zero-order valence-corrected chi connectivity index (χ0v) is 20.4. The van der Waals surface area contributed by atoms with Gasteiger partial charge in [-0.15, -0.1) is 0 Å². The van der Waals surface area contributed by atoms with Gasteiger partial charge in [0.1, 0.15) is 17.5 Å². The molecule has 0 aliphatic carbocycles. The summed E-state index contributed by atoms with van der Waals surface area (Å²) in [5, 5.41) is 22.0. The molecule has 192 valence electrons. The number of methoxy groups -OCH3 is 2. The molecule has 12 heteroatoms. The molecule has 0 saturated heterocycles.